The molecule has 4 aliphatic rings. The van der Waals surface area contributed by atoms with Gasteiger partial charge in [-0.3, -0.25) is 9.59 Å². The maximum absolute atomic E-state index is 14.7. The minimum atomic E-state index is -2.86. The Balaban J connectivity index is 1.17. The molecule has 2 N–H and O–H groups in total. The van der Waals surface area contributed by atoms with E-state index < -0.39 is 35.3 Å². The molecule has 1 saturated carbocycles. The molecule has 202 valence electrons. The molecule has 2 atom stereocenters. The summed E-state index contributed by atoms with van der Waals surface area (Å²) in [4.78, 5) is 29.7. The number of amides is 2. The lowest BCUT2D eigenvalue weighted by Gasteiger charge is -2.42. The highest BCUT2D eigenvalue weighted by atomic mass is 19.3. The Morgan fingerprint density at radius 3 is 2.55 bits per heavy atom. The third-order valence-electron chi connectivity index (χ3n) is 9.25. The molecule has 8 heteroatoms. The second-order valence-electron chi connectivity index (χ2n) is 12.3. The van der Waals surface area contributed by atoms with Gasteiger partial charge in [-0.25, -0.2) is 8.78 Å². The van der Waals surface area contributed by atoms with Gasteiger partial charge in [0.25, 0.3) is 17.7 Å². The summed E-state index contributed by atoms with van der Waals surface area (Å²) in [5, 5.41) is 14.5. The van der Waals surface area contributed by atoms with Gasteiger partial charge in [0.05, 0.1) is 12.6 Å². The van der Waals surface area contributed by atoms with Gasteiger partial charge >= 0.3 is 0 Å². The van der Waals surface area contributed by atoms with Crippen LogP contribution in [0.25, 0.3) is 0 Å². The molecule has 6 rings (SSSR count). The number of alkyl halides is 2. The zero-order chi connectivity index (χ0) is 26.9. The fraction of sp³-hybridized carbons (Fsp3) is 0.533. The molecule has 1 saturated heterocycles. The van der Waals surface area contributed by atoms with Crippen LogP contribution in [0.1, 0.15) is 70.5 Å². The normalized spacial score (nSPS) is 25.5. The largest absolute Gasteiger partial charge is 0.390 e. The highest BCUT2D eigenvalue weighted by molar-refractivity contribution is 6.00. The lowest BCUT2D eigenvalue weighted by molar-refractivity contribution is -0.116. The molecule has 2 aromatic rings. The van der Waals surface area contributed by atoms with E-state index in [-0.39, 0.29) is 18.5 Å². The minimum absolute atomic E-state index is 0.153. The molecule has 6 nitrogen and oxygen atoms in total. The van der Waals surface area contributed by atoms with Gasteiger partial charge in [0.15, 0.2) is 0 Å². The fourth-order valence-electron chi connectivity index (χ4n) is 6.62. The number of β-amino-alcohol motifs (C(OH)–C–C–N with tert-alkyl or cyclic N) is 1. The molecular weight excluding hydrogens is 488 g/mol. The lowest BCUT2D eigenvalue weighted by atomic mass is 9.77. The number of hydrogen-bond donors (Lipinski definition) is 2. The van der Waals surface area contributed by atoms with Crippen LogP contribution in [0.2, 0.25) is 0 Å². The number of halogens is 2. The number of hydrogen-bond acceptors (Lipinski definition) is 4. The predicted molar refractivity (Wildman–Crippen MR) is 139 cm³/mol. The predicted octanol–water partition coefficient (Wildman–Crippen LogP) is 3.76. The number of carbonyl (C=O) groups is 2. The molecular formula is C30H35F2N3O3. The smallest absolute Gasteiger partial charge is 0.270 e. The molecule has 1 spiro atoms. The third kappa shape index (κ3) is 4.22. The number of carbonyl (C=O) groups excluding carboxylic acids is 2. The van der Waals surface area contributed by atoms with Crippen LogP contribution >= 0.6 is 0 Å². The number of fused-ring (bicyclic) bond motifs is 2. The zero-order valence-corrected chi connectivity index (χ0v) is 22.0. The topological polar surface area (TPSA) is 72.9 Å². The third-order valence-corrected chi connectivity index (χ3v) is 9.25. The van der Waals surface area contributed by atoms with Crippen LogP contribution in [0.15, 0.2) is 42.5 Å². The number of rotatable bonds is 4. The highest BCUT2D eigenvalue weighted by Crippen LogP contribution is 2.61. The van der Waals surface area contributed by atoms with Crippen molar-refractivity contribution in [3.8, 4) is 0 Å². The van der Waals surface area contributed by atoms with Gasteiger partial charge in [0.1, 0.15) is 0 Å². The van der Waals surface area contributed by atoms with E-state index in [0.717, 1.165) is 5.56 Å². The summed E-state index contributed by atoms with van der Waals surface area (Å²) in [6, 6.07) is 12.9. The van der Waals surface area contributed by atoms with Gasteiger partial charge in [-0.2, -0.15) is 0 Å². The zero-order valence-electron chi connectivity index (χ0n) is 22.0. The summed E-state index contributed by atoms with van der Waals surface area (Å²) in [5.41, 5.74) is 2.63. The standard InChI is InChI=1S/C30H35F2N3O3/c1-28(2)17-35(16-25(36)24-14-19-5-3-4-6-21(19)15-33-24)27(38)22-8-7-20(13-23(22)28)26(37)34-12-11-29(9-10-29)30(31,32)18-34/h3-8,13,24-25,33,36H,9-12,14-18H2,1-2H3/t24-,25+/m0/s1. The second-order valence-corrected chi connectivity index (χ2v) is 12.3. The summed E-state index contributed by atoms with van der Waals surface area (Å²) >= 11 is 0. The number of aliphatic hydroxyl groups excluding tert-OH is 1. The van der Waals surface area contributed by atoms with Crippen molar-refractivity contribution < 1.29 is 23.5 Å². The van der Waals surface area contributed by atoms with E-state index in [1.807, 2.05) is 26.0 Å². The minimum Gasteiger partial charge on any atom is -0.390 e. The van der Waals surface area contributed by atoms with Gasteiger partial charge in [0.2, 0.25) is 0 Å². The van der Waals surface area contributed by atoms with Crippen molar-refractivity contribution >= 4 is 11.8 Å². The van der Waals surface area contributed by atoms with Gasteiger partial charge in [-0.05, 0) is 60.6 Å². The van der Waals surface area contributed by atoms with Crippen LogP contribution in [0.4, 0.5) is 8.78 Å². The summed E-state index contributed by atoms with van der Waals surface area (Å²) in [6.45, 7) is 5.07. The fourth-order valence-corrected chi connectivity index (χ4v) is 6.62. The number of piperidine rings is 1. The van der Waals surface area contributed by atoms with Crippen molar-refractivity contribution in [2.45, 2.75) is 69.6 Å². The van der Waals surface area contributed by atoms with Crippen LogP contribution in [0, 0.1) is 5.41 Å². The number of benzene rings is 2. The Kier molecular flexibility index (Phi) is 5.92. The van der Waals surface area contributed by atoms with Crippen LogP contribution in [-0.2, 0) is 18.4 Å². The summed E-state index contributed by atoms with van der Waals surface area (Å²) < 4.78 is 29.4. The molecule has 1 aliphatic carbocycles. The van der Waals surface area contributed by atoms with Gasteiger partial charge in [-0.15, -0.1) is 0 Å². The van der Waals surface area contributed by atoms with E-state index in [0.29, 0.717) is 56.4 Å². The average molecular weight is 524 g/mol. The highest BCUT2D eigenvalue weighted by Gasteiger charge is 2.64. The molecule has 2 fully saturated rings. The first-order valence-corrected chi connectivity index (χ1v) is 13.6. The van der Waals surface area contributed by atoms with Gasteiger partial charge in [0, 0.05) is 54.2 Å². The van der Waals surface area contributed by atoms with E-state index in [4.69, 9.17) is 0 Å². The molecule has 2 amide bonds. The van der Waals surface area contributed by atoms with Crippen molar-refractivity contribution in [2.75, 3.05) is 26.2 Å². The van der Waals surface area contributed by atoms with Crippen molar-refractivity contribution in [3.05, 3.63) is 70.3 Å². The summed E-state index contributed by atoms with van der Waals surface area (Å²) in [5.74, 6) is -3.46. The second kappa shape index (κ2) is 8.85. The van der Waals surface area contributed by atoms with E-state index in [1.54, 1.807) is 23.1 Å². The van der Waals surface area contributed by atoms with Gasteiger partial charge in [-0.1, -0.05) is 38.1 Å². The van der Waals surface area contributed by atoms with Crippen LogP contribution < -0.4 is 5.32 Å². The van der Waals surface area contributed by atoms with Crippen molar-refractivity contribution in [1.82, 2.24) is 15.1 Å². The molecule has 0 unspecified atom stereocenters. The van der Waals surface area contributed by atoms with Crippen molar-refractivity contribution in [3.63, 3.8) is 0 Å². The summed E-state index contributed by atoms with van der Waals surface area (Å²) in [7, 11) is 0. The van der Waals surface area contributed by atoms with E-state index in [9.17, 15) is 23.5 Å². The van der Waals surface area contributed by atoms with Crippen molar-refractivity contribution in [2.24, 2.45) is 5.41 Å². The number of likely N-dealkylation sites (tertiary alicyclic amines) is 1. The summed E-state index contributed by atoms with van der Waals surface area (Å²) in [6.07, 6.45) is 1.36. The molecule has 0 radical (unpaired) electrons. The number of aliphatic hydroxyl groups is 1. The Hall–Kier alpha value is -2.84. The first-order valence-electron chi connectivity index (χ1n) is 13.6. The van der Waals surface area contributed by atoms with Crippen LogP contribution in [0.5, 0.6) is 0 Å². The number of nitrogens with zero attached hydrogens (tertiary/aromatic N) is 2. The van der Waals surface area contributed by atoms with E-state index >= 15 is 0 Å². The van der Waals surface area contributed by atoms with E-state index in [2.05, 4.69) is 17.4 Å². The molecule has 3 heterocycles. The monoisotopic (exact) mass is 523 g/mol. The SMILES string of the molecule is CC1(C)CN(C[C@@H](O)[C@@H]2Cc3ccccc3CN2)C(=O)c2ccc(C(=O)N3CCC4(CC4)C(F)(F)C3)cc21. The number of nitrogens with one attached hydrogen (secondary N) is 1. The maximum atomic E-state index is 14.7. The quantitative estimate of drug-likeness (QED) is 0.640. The Labute approximate surface area is 222 Å². The lowest BCUT2D eigenvalue weighted by Crippen LogP contribution is -2.54. The van der Waals surface area contributed by atoms with E-state index in [1.165, 1.54) is 16.0 Å². The van der Waals surface area contributed by atoms with Crippen molar-refractivity contribution in [1.29, 1.82) is 0 Å². The molecule has 3 aliphatic heterocycles. The molecule has 38 heavy (non-hydrogen) atoms. The van der Waals surface area contributed by atoms with Crippen LogP contribution in [0.3, 0.4) is 0 Å². The first-order chi connectivity index (χ1) is 18.0. The van der Waals surface area contributed by atoms with Crippen LogP contribution in [-0.4, -0.2) is 71.0 Å². The maximum Gasteiger partial charge on any atom is 0.270 e. The Morgan fingerprint density at radius 1 is 1.11 bits per heavy atom. The molecule has 0 bridgehead atoms. The average Bonchev–Trinajstić information content (AvgIpc) is 3.69. The first kappa shape index (κ1) is 25.4. The van der Waals surface area contributed by atoms with Gasteiger partial charge < -0.3 is 20.2 Å². The molecule has 2 aromatic carbocycles. The molecule has 0 aromatic heterocycles. The Bertz CT molecular complexity index is 1290. The Morgan fingerprint density at radius 2 is 1.84 bits per heavy atom.